The van der Waals surface area contributed by atoms with Crippen molar-refractivity contribution in [2.75, 3.05) is 13.2 Å². The number of carbonyl (C=O) groups is 3. The molecule has 1 atom stereocenters. The molecule has 0 aliphatic heterocycles. The molecular formula is C60H112O6. The smallest absolute Gasteiger partial charge is 0.306 e. The first kappa shape index (κ1) is 63.9. The summed E-state index contributed by atoms with van der Waals surface area (Å²) in [5.41, 5.74) is 0. The van der Waals surface area contributed by atoms with E-state index in [1.165, 1.54) is 212 Å². The molecule has 0 heterocycles. The van der Waals surface area contributed by atoms with Crippen LogP contribution in [-0.4, -0.2) is 37.2 Å². The summed E-state index contributed by atoms with van der Waals surface area (Å²) in [4.78, 5) is 37.7. The number of allylic oxidation sites excluding steroid dienone is 4. The Labute approximate surface area is 411 Å². The maximum Gasteiger partial charge on any atom is 0.306 e. The van der Waals surface area contributed by atoms with Crippen LogP contribution < -0.4 is 0 Å². The lowest BCUT2D eigenvalue weighted by Crippen LogP contribution is -2.30. The van der Waals surface area contributed by atoms with Gasteiger partial charge in [0.05, 0.1) is 0 Å². The van der Waals surface area contributed by atoms with E-state index in [0.717, 1.165) is 70.6 Å². The number of ether oxygens (including phenoxy) is 3. The van der Waals surface area contributed by atoms with Crippen molar-refractivity contribution in [3.63, 3.8) is 0 Å². The summed E-state index contributed by atoms with van der Waals surface area (Å²) < 4.78 is 16.7. The molecule has 0 aliphatic carbocycles. The van der Waals surface area contributed by atoms with Gasteiger partial charge in [-0.05, 0) is 51.4 Å². The van der Waals surface area contributed by atoms with Crippen molar-refractivity contribution in [2.45, 2.75) is 329 Å². The summed E-state index contributed by atoms with van der Waals surface area (Å²) in [7, 11) is 0. The van der Waals surface area contributed by atoms with Gasteiger partial charge in [-0.1, -0.05) is 276 Å². The van der Waals surface area contributed by atoms with E-state index >= 15 is 0 Å². The fourth-order valence-corrected chi connectivity index (χ4v) is 8.77. The first-order chi connectivity index (χ1) is 32.5. The van der Waals surface area contributed by atoms with E-state index in [0.29, 0.717) is 19.3 Å². The van der Waals surface area contributed by atoms with Crippen LogP contribution in [0, 0.1) is 0 Å². The summed E-state index contributed by atoms with van der Waals surface area (Å²) in [6.07, 6.45) is 65.2. The second-order valence-corrected chi connectivity index (χ2v) is 19.9. The van der Waals surface area contributed by atoms with Crippen molar-refractivity contribution in [3.05, 3.63) is 24.3 Å². The molecule has 6 heteroatoms. The molecule has 6 nitrogen and oxygen atoms in total. The van der Waals surface area contributed by atoms with Crippen molar-refractivity contribution in [3.8, 4) is 0 Å². The van der Waals surface area contributed by atoms with Crippen LogP contribution in [0.25, 0.3) is 0 Å². The quantitative estimate of drug-likeness (QED) is 0.0262. The monoisotopic (exact) mass is 929 g/mol. The molecule has 66 heavy (non-hydrogen) atoms. The van der Waals surface area contributed by atoms with E-state index in [2.05, 4.69) is 45.1 Å². The molecule has 0 saturated heterocycles. The normalized spacial score (nSPS) is 12.1. The van der Waals surface area contributed by atoms with Crippen molar-refractivity contribution in [1.29, 1.82) is 0 Å². The summed E-state index contributed by atoms with van der Waals surface area (Å²) >= 11 is 0. The Morgan fingerprint density at radius 2 is 0.545 bits per heavy atom. The third-order valence-electron chi connectivity index (χ3n) is 13.2. The van der Waals surface area contributed by atoms with Gasteiger partial charge in [0, 0.05) is 19.3 Å². The molecule has 0 radical (unpaired) electrons. The van der Waals surface area contributed by atoms with Crippen LogP contribution in [0.2, 0.25) is 0 Å². The van der Waals surface area contributed by atoms with Crippen LogP contribution in [0.15, 0.2) is 24.3 Å². The van der Waals surface area contributed by atoms with Gasteiger partial charge in [-0.3, -0.25) is 14.4 Å². The van der Waals surface area contributed by atoms with E-state index in [1.54, 1.807) is 0 Å². The lowest BCUT2D eigenvalue weighted by molar-refractivity contribution is -0.167. The molecule has 0 aromatic heterocycles. The molecule has 388 valence electrons. The van der Waals surface area contributed by atoms with Gasteiger partial charge in [0.1, 0.15) is 13.2 Å². The van der Waals surface area contributed by atoms with Crippen LogP contribution in [-0.2, 0) is 28.6 Å². The lowest BCUT2D eigenvalue weighted by Gasteiger charge is -2.18. The number of rotatable bonds is 54. The van der Waals surface area contributed by atoms with E-state index in [9.17, 15) is 14.4 Å². The summed E-state index contributed by atoms with van der Waals surface area (Å²) in [6.45, 7) is 6.59. The van der Waals surface area contributed by atoms with E-state index < -0.39 is 6.10 Å². The minimum absolute atomic E-state index is 0.0661. The Morgan fingerprint density at radius 3 is 0.833 bits per heavy atom. The SMILES string of the molecule is CCCCCCC/C=C\C/C=C\CCCCCCCCCCCCCCCCCCCC(=O)OCC(COC(=O)CCCCCCC)OC(=O)CCCCCCCCCCCCCCCC. The third kappa shape index (κ3) is 52.9. The van der Waals surface area contributed by atoms with Gasteiger partial charge >= 0.3 is 17.9 Å². The molecule has 0 bridgehead atoms. The second kappa shape index (κ2) is 55.5. The van der Waals surface area contributed by atoms with Gasteiger partial charge < -0.3 is 14.2 Å². The highest BCUT2D eigenvalue weighted by Gasteiger charge is 2.19. The van der Waals surface area contributed by atoms with Crippen LogP contribution in [0.4, 0.5) is 0 Å². The Morgan fingerprint density at radius 1 is 0.303 bits per heavy atom. The number of carbonyl (C=O) groups excluding carboxylic acids is 3. The van der Waals surface area contributed by atoms with E-state index in [-0.39, 0.29) is 31.1 Å². The fourth-order valence-electron chi connectivity index (χ4n) is 8.77. The zero-order valence-corrected chi connectivity index (χ0v) is 44.5. The molecule has 0 saturated carbocycles. The largest absolute Gasteiger partial charge is 0.462 e. The Hall–Kier alpha value is -2.11. The van der Waals surface area contributed by atoms with Crippen molar-refractivity contribution in [1.82, 2.24) is 0 Å². The molecule has 0 rings (SSSR count). The molecule has 0 aliphatic rings. The highest BCUT2D eigenvalue weighted by atomic mass is 16.6. The highest BCUT2D eigenvalue weighted by molar-refractivity contribution is 5.71. The number of unbranched alkanes of at least 4 members (excludes halogenated alkanes) is 39. The maximum absolute atomic E-state index is 12.7. The fraction of sp³-hybridized carbons (Fsp3) is 0.883. The summed E-state index contributed by atoms with van der Waals surface area (Å²) in [5.74, 6) is -0.862. The average Bonchev–Trinajstić information content (AvgIpc) is 3.31. The Balaban J connectivity index is 3.93. The van der Waals surface area contributed by atoms with Gasteiger partial charge in [0.15, 0.2) is 6.10 Å². The summed E-state index contributed by atoms with van der Waals surface area (Å²) in [6, 6.07) is 0. The van der Waals surface area contributed by atoms with Crippen LogP contribution >= 0.6 is 0 Å². The molecule has 0 fully saturated rings. The standard InChI is InChI=1S/C60H112O6/c1-4-7-10-13-15-17-19-21-23-24-25-26-27-28-29-30-31-32-33-34-35-36-37-39-40-42-44-47-50-53-59(62)65-56-57(55-64-58(61)52-49-46-12-9-6-3)66-60(63)54-51-48-45-43-41-38-22-20-18-16-14-11-8-5-2/h19,21,24-25,57H,4-18,20,22-23,26-56H2,1-3H3/b21-19-,25-24-. The van der Waals surface area contributed by atoms with Crippen molar-refractivity contribution in [2.24, 2.45) is 0 Å². The first-order valence-electron chi connectivity index (χ1n) is 29.3. The summed E-state index contributed by atoms with van der Waals surface area (Å²) in [5, 5.41) is 0. The molecule has 0 spiro atoms. The number of hydrogen-bond acceptors (Lipinski definition) is 6. The Kier molecular flexibility index (Phi) is 53.7. The second-order valence-electron chi connectivity index (χ2n) is 19.9. The van der Waals surface area contributed by atoms with Gasteiger partial charge in [0.2, 0.25) is 0 Å². The van der Waals surface area contributed by atoms with Gasteiger partial charge in [-0.25, -0.2) is 0 Å². The van der Waals surface area contributed by atoms with Crippen molar-refractivity contribution < 1.29 is 28.6 Å². The van der Waals surface area contributed by atoms with Crippen molar-refractivity contribution >= 4 is 17.9 Å². The zero-order chi connectivity index (χ0) is 47.9. The predicted molar refractivity (Wildman–Crippen MR) is 284 cm³/mol. The average molecular weight is 930 g/mol. The molecule has 0 N–H and O–H groups in total. The van der Waals surface area contributed by atoms with E-state index in [4.69, 9.17) is 14.2 Å². The van der Waals surface area contributed by atoms with Gasteiger partial charge in [-0.2, -0.15) is 0 Å². The van der Waals surface area contributed by atoms with Gasteiger partial charge in [-0.15, -0.1) is 0 Å². The molecule has 1 unspecified atom stereocenters. The zero-order valence-electron chi connectivity index (χ0n) is 44.5. The highest BCUT2D eigenvalue weighted by Crippen LogP contribution is 2.17. The molecule has 0 aromatic carbocycles. The molecule has 0 amide bonds. The minimum Gasteiger partial charge on any atom is -0.462 e. The maximum atomic E-state index is 12.7. The molecule has 0 aromatic rings. The first-order valence-corrected chi connectivity index (χ1v) is 29.3. The molecular weight excluding hydrogens is 817 g/mol. The third-order valence-corrected chi connectivity index (χ3v) is 13.2. The number of hydrogen-bond donors (Lipinski definition) is 0. The Bertz CT molecular complexity index is 1070. The predicted octanol–water partition coefficient (Wildman–Crippen LogP) is 19.5. The minimum atomic E-state index is -0.762. The van der Waals surface area contributed by atoms with Crippen LogP contribution in [0.5, 0.6) is 0 Å². The van der Waals surface area contributed by atoms with Crippen LogP contribution in [0.3, 0.4) is 0 Å². The number of esters is 3. The van der Waals surface area contributed by atoms with E-state index in [1.807, 2.05) is 0 Å². The van der Waals surface area contributed by atoms with Gasteiger partial charge in [0.25, 0.3) is 0 Å². The topological polar surface area (TPSA) is 78.9 Å². The van der Waals surface area contributed by atoms with Crippen LogP contribution in [0.1, 0.15) is 323 Å². The lowest BCUT2D eigenvalue weighted by atomic mass is 10.0.